The molecule has 0 saturated carbocycles. The van der Waals surface area contributed by atoms with Crippen LogP contribution in [-0.4, -0.2) is 16.5 Å². The van der Waals surface area contributed by atoms with E-state index >= 15 is 0 Å². The van der Waals surface area contributed by atoms with Gasteiger partial charge < -0.3 is 11.1 Å². The van der Waals surface area contributed by atoms with Gasteiger partial charge in [-0.3, -0.25) is 0 Å². The minimum Gasteiger partial charge on any atom is -0.396 e. The van der Waals surface area contributed by atoms with Gasteiger partial charge in [0.05, 0.1) is 18.1 Å². The molecule has 0 bridgehead atoms. The summed E-state index contributed by atoms with van der Waals surface area (Å²) >= 11 is 0. The summed E-state index contributed by atoms with van der Waals surface area (Å²) in [6.07, 6.45) is 3.19. The fourth-order valence-electron chi connectivity index (χ4n) is 0.725. The Balaban J connectivity index is 2.48. The van der Waals surface area contributed by atoms with Crippen LogP contribution in [0.25, 0.3) is 0 Å². The summed E-state index contributed by atoms with van der Waals surface area (Å²) in [6, 6.07) is 0. The van der Waals surface area contributed by atoms with Gasteiger partial charge in [0.15, 0.2) is 0 Å². The van der Waals surface area contributed by atoms with Crippen LogP contribution in [0.15, 0.2) is 12.4 Å². The first kappa shape index (κ1) is 8.77. The molecule has 0 saturated heterocycles. The van der Waals surface area contributed by atoms with Crippen LogP contribution in [0, 0.1) is 5.92 Å². The zero-order valence-electron chi connectivity index (χ0n) is 7.41. The number of rotatable bonds is 3. The Hall–Kier alpha value is -1.32. The van der Waals surface area contributed by atoms with Crippen LogP contribution < -0.4 is 11.1 Å². The number of nitrogens with one attached hydrogen (secondary N) is 1. The van der Waals surface area contributed by atoms with E-state index in [1.54, 1.807) is 12.4 Å². The molecule has 4 heteroatoms. The molecule has 1 aromatic heterocycles. The number of aromatic nitrogens is 2. The minimum absolute atomic E-state index is 0.588. The predicted molar refractivity (Wildman–Crippen MR) is 49.8 cm³/mol. The van der Waals surface area contributed by atoms with Crippen molar-refractivity contribution in [1.82, 2.24) is 9.97 Å². The van der Waals surface area contributed by atoms with Gasteiger partial charge in [-0.1, -0.05) is 13.8 Å². The second-order valence-corrected chi connectivity index (χ2v) is 3.11. The maximum Gasteiger partial charge on any atom is 0.222 e. The van der Waals surface area contributed by atoms with Gasteiger partial charge in [-0.25, -0.2) is 9.97 Å². The van der Waals surface area contributed by atoms with E-state index in [2.05, 4.69) is 29.1 Å². The standard InChI is InChI=1S/C8H14N4/c1-6(2)3-10-8-11-4-7(9)5-12-8/h4-6H,3,9H2,1-2H3,(H,10,11,12). The lowest BCUT2D eigenvalue weighted by Crippen LogP contribution is -2.10. The Bertz CT molecular complexity index is 229. The maximum absolute atomic E-state index is 5.43. The summed E-state index contributed by atoms with van der Waals surface area (Å²) in [5.74, 6) is 1.23. The minimum atomic E-state index is 0.588. The van der Waals surface area contributed by atoms with Crippen molar-refractivity contribution in [1.29, 1.82) is 0 Å². The smallest absolute Gasteiger partial charge is 0.222 e. The van der Waals surface area contributed by atoms with Crippen LogP contribution in [0.2, 0.25) is 0 Å². The Morgan fingerprint density at radius 2 is 2.00 bits per heavy atom. The van der Waals surface area contributed by atoms with Crippen LogP contribution in [0.4, 0.5) is 11.6 Å². The van der Waals surface area contributed by atoms with Crippen molar-refractivity contribution in [2.75, 3.05) is 17.6 Å². The topological polar surface area (TPSA) is 63.8 Å². The quantitative estimate of drug-likeness (QED) is 0.706. The van der Waals surface area contributed by atoms with Crippen molar-refractivity contribution in [2.45, 2.75) is 13.8 Å². The average Bonchev–Trinajstić information content (AvgIpc) is 2.03. The van der Waals surface area contributed by atoms with Crippen molar-refractivity contribution >= 4 is 11.6 Å². The van der Waals surface area contributed by atoms with E-state index in [1.165, 1.54) is 0 Å². The summed E-state index contributed by atoms with van der Waals surface area (Å²) in [5, 5.41) is 3.09. The molecule has 0 atom stereocenters. The molecule has 4 nitrogen and oxygen atoms in total. The van der Waals surface area contributed by atoms with Crippen molar-refractivity contribution in [3.8, 4) is 0 Å². The zero-order valence-corrected chi connectivity index (χ0v) is 7.41. The van der Waals surface area contributed by atoms with Gasteiger partial charge in [-0.2, -0.15) is 0 Å². The largest absolute Gasteiger partial charge is 0.396 e. The van der Waals surface area contributed by atoms with E-state index in [4.69, 9.17) is 5.73 Å². The maximum atomic E-state index is 5.43. The molecule has 1 rings (SSSR count). The molecular formula is C8H14N4. The van der Waals surface area contributed by atoms with Crippen molar-refractivity contribution in [3.63, 3.8) is 0 Å². The first-order valence-corrected chi connectivity index (χ1v) is 4.00. The van der Waals surface area contributed by atoms with E-state index in [1.807, 2.05) is 0 Å². The monoisotopic (exact) mass is 166 g/mol. The van der Waals surface area contributed by atoms with Gasteiger partial charge in [-0.05, 0) is 5.92 Å². The third-order valence-corrected chi connectivity index (χ3v) is 1.34. The van der Waals surface area contributed by atoms with E-state index in [0.717, 1.165) is 6.54 Å². The van der Waals surface area contributed by atoms with Gasteiger partial charge in [0.25, 0.3) is 0 Å². The second-order valence-electron chi connectivity index (χ2n) is 3.11. The second kappa shape index (κ2) is 3.90. The molecule has 0 aliphatic heterocycles. The predicted octanol–water partition coefficient (Wildman–Crippen LogP) is 1.13. The molecule has 0 radical (unpaired) electrons. The van der Waals surface area contributed by atoms with Crippen LogP contribution >= 0.6 is 0 Å². The Morgan fingerprint density at radius 3 is 2.50 bits per heavy atom. The summed E-state index contributed by atoms with van der Waals surface area (Å²) in [7, 11) is 0. The first-order chi connectivity index (χ1) is 5.68. The highest BCUT2D eigenvalue weighted by molar-refractivity contribution is 5.35. The number of hydrogen-bond acceptors (Lipinski definition) is 4. The Labute approximate surface area is 72.2 Å². The van der Waals surface area contributed by atoms with Crippen LogP contribution in [0.3, 0.4) is 0 Å². The number of nitrogens with two attached hydrogens (primary N) is 1. The van der Waals surface area contributed by atoms with Gasteiger partial charge in [0.2, 0.25) is 5.95 Å². The molecule has 66 valence electrons. The number of anilines is 2. The molecule has 3 N–H and O–H groups in total. The van der Waals surface area contributed by atoms with Gasteiger partial charge in [-0.15, -0.1) is 0 Å². The number of hydrogen-bond donors (Lipinski definition) is 2. The van der Waals surface area contributed by atoms with E-state index < -0.39 is 0 Å². The fraction of sp³-hybridized carbons (Fsp3) is 0.500. The summed E-state index contributed by atoms with van der Waals surface area (Å²) in [6.45, 7) is 5.14. The third kappa shape index (κ3) is 2.74. The Morgan fingerprint density at radius 1 is 1.42 bits per heavy atom. The zero-order chi connectivity index (χ0) is 8.97. The van der Waals surface area contributed by atoms with Crippen molar-refractivity contribution in [2.24, 2.45) is 5.92 Å². The molecule has 1 aromatic rings. The SMILES string of the molecule is CC(C)CNc1ncc(N)cn1. The highest BCUT2D eigenvalue weighted by atomic mass is 15.1. The molecule has 0 fully saturated rings. The molecule has 0 aliphatic carbocycles. The molecule has 0 aliphatic rings. The van der Waals surface area contributed by atoms with Crippen LogP contribution in [0.1, 0.15) is 13.8 Å². The van der Waals surface area contributed by atoms with E-state index in [9.17, 15) is 0 Å². The van der Waals surface area contributed by atoms with Crippen LogP contribution in [-0.2, 0) is 0 Å². The average molecular weight is 166 g/mol. The lowest BCUT2D eigenvalue weighted by Gasteiger charge is -2.06. The molecule has 0 aromatic carbocycles. The van der Waals surface area contributed by atoms with Gasteiger partial charge in [0, 0.05) is 6.54 Å². The Kier molecular flexibility index (Phi) is 2.85. The number of nitrogens with zero attached hydrogens (tertiary/aromatic N) is 2. The normalized spacial score (nSPS) is 10.2. The molecule has 12 heavy (non-hydrogen) atoms. The highest BCUT2D eigenvalue weighted by Crippen LogP contribution is 2.01. The van der Waals surface area contributed by atoms with Crippen LogP contribution in [0.5, 0.6) is 0 Å². The lowest BCUT2D eigenvalue weighted by atomic mass is 10.2. The fourth-order valence-corrected chi connectivity index (χ4v) is 0.725. The third-order valence-electron chi connectivity index (χ3n) is 1.34. The number of nitrogen functional groups attached to an aromatic ring is 1. The van der Waals surface area contributed by atoms with Gasteiger partial charge >= 0.3 is 0 Å². The molecule has 0 unspecified atom stereocenters. The van der Waals surface area contributed by atoms with Crippen molar-refractivity contribution < 1.29 is 0 Å². The molecule has 1 heterocycles. The summed E-state index contributed by atoms with van der Waals surface area (Å²) in [4.78, 5) is 8.01. The van der Waals surface area contributed by atoms with Gasteiger partial charge in [0.1, 0.15) is 0 Å². The summed E-state index contributed by atoms with van der Waals surface area (Å²) in [5.41, 5.74) is 6.02. The first-order valence-electron chi connectivity index (χ1n) is 4.00. The van der Waals surface area contributed by atoms with Crippen molar-refractivity contribution in [3.05, 3.63) is 12.4 Å². The molecular weight excluding hydrogens is 152 g/mol. The van der Waals surface area contributed by atoms with E-state index in [0.29, 0.717) is 17.6 Å². The molecule has 0 spiro atoms. The molecule has 0 amide bonds. The summed E-state index contributed by atoms with van der Waals surface area (Å²) < 4.78 is 0. The highest BCUT2D eigenvalue weighted by Gasteiger charge is 1.96. The lowest BCUT2D eigenvalue weighted by molar-refractivity contribution is 0.684. The van der Waals surface area contributed by atoms with E-state index in [-0.39, 0.29) is 0 Å².